The van der Waals surface area contributed by atoms with Crippen molar-refractivity contribution in [1.29, 1.82) is 0 Å². The van der Waals surface area contributed by atoms with Crippen LogP contribution in [0.5, 0.6) is 0 Å². The summed E-state index contributed by atoms with van der Waals surface area (Å²) in [6.45, 7) is 2.78. The van der Waals surface area contributed by atoms with Crippen molar-refractivity contribution in [1.82, 2.24) is 14.9 Å². The Kier molecular flexibility index (Phi) is 5.45. The van der Waals surface area contributed by atoms with Crippen LogP contribution < -0.4 is 0 Å². The Balaban J connectivity index is 1.42. The van der Waals surface area contributed by atoms with Crippen molar-refractivity contribution in [3.8, 4) is 0 Å². The Morgan fingerprint density at radius 2 is 1.96 bits per heavy atom. The van der Waals surface area contributed by atoms with E-state index in [0.29, 0.717) is 12.3 Å². The third-order valence-electron chi connectivity index (χ3n) is 5.08. The first-order valence-electron chi connectivity index (χ1n) is 9.35. The lowest BCUT2D eigenvalue weighted by Gasteiger charge is -2.17. The Labute approximate surface area is 168 Å². The summed E-state index contributed by atoms with van der Waals surface area (Å²) in [5.74, 6) is 0.526. The summed E-state index contributed by atoms with van der Waals surface area (Å²) < 4.78 is 0. The first kappa shape index (κ1) is 18.4. The molecule has 0 radical (unpaired) electrons. The van der Waals surface area contributed by atoms with Crippen LogP contribution in [0.15, 0.2) is 35.6 Å². The maximum absolute atomic E-state index is 12.6. The number of hydrogen-bond donors (Lipinski definition) is 0. The SMILES string of the molecule is CCc1ccc(CN(C)C(=O)CSc2ncnc3sc4c(c23)CCC4)cc1. The number of aryl methyl sites for hydroxylation is 3. The third-order valence-corrected chi connectivity index (χ3v) is 7.25. The number of carbonyl (C=O) groups excluding carboxylic acids is 1. The summed E-state index contributed by atoms with van der Waals surface area (Å²) in [6, 6.07) is 8.49. The average Bonchev–Trinajstić information content (AvgIpc) is 3.27. The van der Waals surface area contributed by atoms with Crippen molar-refractivity contribution in [2.45, 2.75) is 44.2 Å². The van der Waals surface area contributed by atoms with Crippen molar-refractivity contribution in [3.63, 3.8) is 0 Å². The zero-order chi connectivity index (χ0) is 18.8. The maximum Gasteiger partial charge on any atom is 0.233 e. The van der Waals surface area contributed by atoms with Gasteiger partial charge in [-0.15, -0.1) is 11.3 Å². The van der Waals surface area contributed by atoms with Gasteiger partial charge in [-0.25, -0.2) is 9.97 Å². The molecule has 0 atom stereocenters. The van der Waals surface area contributed by atoms with E-state index in [1.807, 2.05) is 7.05 Å². The number of fused-ring (bicyclic) bond motifs is 3. The molecule has 27 heavy (non-hydrogen) atoms. The van der Waals surface area contributed by atoms with E-state index in [1.54, 1.807) is 22.6 Å². The van der Waals surface area contributed by atoms with Gasteiger partial charge in [0.05, 0.1) is 5.75 Å². The summed E-state index contributed by atoms with van der Waals surface area (Å²) in [4.78, 5) is 25.8. The van der Waals surface area contributed by atoms with Crippen LogP contribution in [0.25, 0.3) is 10.2 Å². The second kappa shape index (κ2) is 7.98. The maximum atomic E-state index is 12.6. The second-order valence-corrected chi connectivity index (χ2v) is 8.97. The van der Waals surface area contributed by atoms with Crippen molar-refractivity contribution >= 4 is 39.2 Å². The van der Waals surface area contributed by atoms with Gasteiger partial charge in [-0.2, -0.15) is 0 Å². The highest BCUT2D eigenvalue weighted by Gasteiger charge is 2.22. The first-order valence-corrected chi connectivity index (χ1v) is 11.2. The van der Waals surface area contributed by atoms with Crippen LogP contribution in [0.3, 0.4) is 0 Å². The Morgan fingerprint density at radius 1 is 1.19 bits per heavy atom. The molecule has 2 aromatic heterocycles. The number of amides is 1. The van der Waals surface area contributed by atoms with Crippen LogP contribution >= 0.6 is 23.1 Å². The monoisotopic (exact) mass is 397 g/mol. The topological polar surface area (TPSA) is 46.1 Å². The quantitative estimate of drug-likeness (QED) is 0.454. The molecule has 0 N–H and O–H groups in total. The molecule has 4 rings (SSSR count). The molecule has 2 heterocycles. The van der Waals surface area contributed by atoms with E-state index in [1.165, 1.54) is 39.6 Å². The number of aromatic nitrogens is 2. The van der Waals surface area contributed by atoms with Gasteiger partial charge in [-0.3, -0.25) is 4.79 Å². The number of rotatable bonds is 6. The lowest BCUT2D eigenvalue weighted by Crippen LogP contribution is -2.27. The van der Waals surface area contributed by atoms with Crippen molar-refractivity contribution in [2.24, 2.45) is 0 Å². The molecule has 1 aliphatic carbocycles. The molecule has 6 heteroatoms. The summed E-state index contributed by atoms with van der Waals surface area (Å²) >= 11 is 3.32. The average molecular weight is 398 g/mol. The summed E-state index contributed by atoms with van der Waals surface area (Å²) in [6.07, 6.45) is 6.14. The smallest absolute Gasteiger partial charge is 0.233 e. The highest BCUT2D eigenvalue weighted by atomic mass is 32.2. The molecule has 0 fully saturated rings. The minimum absolute atomic E-state index is 0.123. The molecule has 3 aromatic rings. The number of thioether (sulfide) groups is 1. The Bertz CT molecular complexity index is 965. The van der Waals surface area contributed by atoms with Gasteiger partial charge in [0.25, 0.3) is 0 Å². The predicted molar refractivity (Wildman–Crippen MR) is 112 cm³/mol. The van der Waals surface area contributed by atoms with Crippen molar-refractivity contribution < 1.29 is 4.79 Å². The first-order chi connectivity index (χ1) is 13.2. The van der Waals surface area contributed by atoms with Gasteiger partial charge in [0, 0.05) is 23.9 Å². The predicted octanol–water partition coefficient (Wildman–Crippen LogP) is 4.49. The second-order valence-electron chi connectivity index (χ2n) is 6.92. The standard InChI is InChI=1S/C21H23N3OS2/c1-3-14-7-9-15(10-8-14)11-24(2)18(25)12-26-20-19-16-5-4-6-17(16)27-21(19)23-13-22-20/h7-10,13H,3-6,11-12H2,1-2H3. The molecular formula is C21H23N3OS2. The lowest BCUT2D eigenvalue weighted by atomic mass is 10.1. The molecule has 0 saturated carbocycles. The molecule has 0 bridgehead atoms. The van der Waals surface area contributed by atoms with Crippen LogP contribution in [0, 0.1) is 0 Å². The van der Waals surface area contributed by atoms with E-state index in [2.05, 4.69) is 41.2 Å². The molecule has 0 saturated heterocycles. The van der Waals surface area contributed by atoms with Crippen LogP contribution in [0.1, 0.15) is 34.9 Å². The molecular weight excluding hydrogens is 374 g/mol. The number of hydrogen-bond acceptors (Lipinski definition) is 5. The number of nitrogens with zero attached hydrogens (tertiary/aromatic N) is 3. The summed E-state index contributed by atoms with van der Waals surface area (Å²) in [7, 11) is 1.87. The highest BCUT2D eigenvalue weighted by molar-refractivity contribution is 8.00. The molecule has 0 aliphatic heterocycles. The van der Waals surface area contributed by atoms with Crippen LogP contribution in [0.4, 0.5) is 0 Å². The fourth-order valence-electron chi connectivity index (χ4n) is 3.49. The van der Waals surface area contributed by atoms with Crippen LogP contribution in [-0.2, 0) is 30.6 Å². The van der Waals surface area contributed by atoms with E-state index in [0.717, 1.165) is 34.7 Å². The third kappa shape index (κ3) is 3.87. The van der Waals surface area contributed by atoms with Gasteiger partial charge in [-0.1, -0.05) is 43.0 Å². The molecule has 1 aromatic carbocycles. The van der Waals surface area contributed by atoms with Gasteiger partial charge < -0.3 is 4.90 Å². The normalized spacial score (nSPS) is 13.1. The summed E-state index contributed by atoms with van der Waals surface area (Å²) in [5.41, 5.74) is 3.89. The molecule has 0 unspecified atom stereocenters. The van der Waals surface area contributed by atoms with E-state index in [4.69, 9.17) is 0 Å². The van der Waals surface area contributed by atoms with Crippen molar-refractivity contribution in [2.75, 3.05) is 12.8 Å². The minimum atomic E-state index is 0.123. The molecule has 140 valence electrons. The largest absolute Gasteiger partial charge is 0.341 e. The highest BCUT2D eigenvalue weighted by Crippen LogP contribution is 2.40. The number of benzene rings is 1. The lowest BCUT2D eigenvalue weighted by molar-refractivity contribution is -0.127. The van der Waals surface area contributed by atoms with E-state index in [-0.39, 0.29) is 5.91 Å². The van der Waals surface area contributed by atoms with Gasteiger partial charge in [0.1, 0.15) is 16.2 Å². The van der Waals surface area contributed by atoms with E-state index >= 15 is 0 Å². The number of carbonyl (C=O) groups is 1. The summed E-state index contributed by atoms with van der Waals surface area (Å²) in [5, 5.41) is 2.14. The van der Waals surface area contributed by atoms with E-state index in [9.17, 15) is 4.79 Å². The van der Waals surface area contributed by atoms with Crippen LogP contribution in [-0.4, -0.2) is 33.6 Å². The fraction of sp³-hybridized carbons (Fsp3) is 0.381. The van der Waals surface area contributed by atoms with Crippen LogP contribution in [0.2, 0.25) is 0 Å². The van der Waals surface area contributed by atoms with Gasteiger partial charge in [-0.05, 0) is 42.4 Å². The molecule has 1 amide bonds. The zero-order valence-corrected chi connectivity index (χ0v) is 17.3. The minimum Gasteiger partial charge on any atom is -0.341 e. The van der Waals surface area contributed by atoms with Gasteiger partial charge in [0.2, 0.25) is 5.91 Å². The van der Waals surface area contributed by atoms with Gasteiger partial charge >= 0.3 is 0 Å². The van der Waals surface area contributed by atoms with E-state index < -0.39 is 0 Å². The van der Waals surface area contributed by atoms with Crippen molar-refractivity contribution in [3.05, 3.63) is 52.2 Å². The Morgan fingerprint density at radius 3 is 2.74 bits per heavy atom. The van der Waals surface area contributed by atoms with Gasteiger partial charge in [0.15, 0.2) is 0 Å². The fourth-order valence-corrected chi connectivity index (χ4v) is 5.75. The molecule has 4 nitrogen and oxygen atoms in total. The number of thiophene rings is 1. The molecule has 1 aliphatic rings. The zero-order valence-electron chi connectivity index (χ0n) is 15.7. The molecule has 0 spiro atoms. The Hall–Kier alpha value is -1.92.